The number of nitro benzene ring substituents is 1. The van der Waals surface area contributed by atoms with Crippen LogP contribution < -0.4 is 5.32 Å². The Hall–Kier alpha value is -1.51. The summed E-state index contributed by atoms with van der Waals surface area (Å²) >= 11 is 0. The second-order valence-corrected chi connectivity index (χ2v) is 5.72. The van der Waals surface area contributed by atoms with Crippen molar-refractivity contribution in [2.24, 2.45) is 0 Å². The molecule has 0 saturated heterocycles. The average molecular weight is 274 g/mol. The third-order valence-corrected chi connectivity index (χ3v) is 4.09. The minimum Gasteiger partial charge on any atom is -0.391 e. The highest BCUT2D eigenvalue weighted by Gasteiger charge is 2.27. The highest BCUT2D eigenvalue weighted by atomic mass is 32.2. The van der Waals surface area contributed by atoms with Gasteiger partial charge in [-0.05, 0) is 13.1 Å². The van der Waals surface area contributed by atoms with Gasteiger partial charge in [0, 0.05) is 12.6 Å². The Morgan fingerprint density at radius 3 is 2.61 bits per heavy atom. The molecule has 2 N–H and O–H groups in total. The van der Waals surface area contributed by atoms with E-state index in [0.717, 1.165) is 6.07 Å². The summed E-state index contributed by atoms with van der Waals surface area (Å²) in [5.41, 5.74) is -0.478. The first kappa shape index (κ1) is 14.6. The first-order chi connectivity index (χ1) is 8.38. The van der Waals surface area contributed by atoms with E-state index in [0.29, 0.717) is 0 Å². The summed E-state index contributed by atoms with van der Waals surface area (Å²) in [7, 11) is -2.32. The van der Waals surface area contributed by atoms with Crippen LogP contribution in [0, 0.1) is 10.1 Å². The third kappa shape index (κ3) is 3.49. The molecule has 0 aliphatic carbocycles. The van der Waals surface area contributed by atoms with Gasteiger partial charge in [0.05, 0.1) is 16.8 Å². The molecule has 0 spiro atoms. The molecule has 18 heavy (non-hydrogen) atoms. The Balaban J connectivity index is 3.09. The smallest absolute Gasteiger partial charge is 0.287 e. The molecule has 7 nitrogen and oxygen atoms in total. The molecule has 0 bridgehead atoms. The van der Waals surface area contributed by atoms with Crippen LogP contribution in [0.2, 0.25) is 0 Å². The number of nitro groups is 1. The molecule has 8 heteroatoms. The molecule has 1 atom stereocenters. The van der Waals surface area contributed by atoms with Crippen LogP contribution in [0.25, 0.3) is 0 Å². The summed E-state index contributed by atoms with van der Waals surface area (Å²) in [6.07, 6.45) is -1.11. The Morgan fingerprint density at radius 1 is 1.44 bits per heavy atom. The predicted molar refractivity (Wildman–Crippen MR) is 65.1 cm³/mol. The fourth-order valence-corrected chi connectivity index (χ4v) is 3.06. The van der Waals surface area contributed by atoms with E-state index in [1.54, 1.807) is 7.05 Å². The second-order valence-electron chi connectivity index (χ2n) is 3.72. The molecule has 100 valence electrons. The molecule has 1 aromatic carbocycles. The number of rotatable bonds is 6. The van der Waals surface area contributed by atoms with E-state index in [1.165, 1.54) is 18.2 Å². The number of hydrogen-bond acceptors (Lipinski definition) is 6. The van der Waals surface area contributed by atoms with Gasteiger partial charge in [0.2, 0.25) is 0 Å². The monoisotopic (exact) mass is 274 g/mol. The summed E-state index contributed by atoms with van der Waals surface area (Å²) in [6.45, 7) is 0.0971. The van der Waals surface area contributed by atoms with Crippen molar-refractivity contribution in [2.45, 2.75) is 11.0 Å². The number of nitrogens with one attached hydrogen (secondary N) is 1. The lowest BCUT2D eigenvalue weighted by atomic mass is 10.3. The van der Waals surface area contributed by atoms with Crippen LogP contribution in [0.3, 0.4) is 0 Å². The zero-order valence-corrected chi connectivity index (χ0v) is 10.6. The van der Waals surface area contributed by atoms with E-state index < -0.39 is 32.3 Å². The quantitative estimate of drug-likeness (QED) is 0.556. The number of nitrogens with zero attached hydrogens (tertiary/aromatic N) is 1. The molecular weight excluding hydrogens is 260 g/mol. The summed E-state index contributed by atoms with van der Waals surface area (Å²) in [6, 6.07) is 5.09. The van der Waals surface area contributed by atoms with Crippen LogP contribution in [-0.4, -0.2) is 43.9 Å². The van der Waals surface area contributed by atoms with E-state index in [4.69, 9.17) is 0 Å². The largest absolute Gasteiger partial charge is 0.391 e. The van der Waals surface area contributed by atoms with E-state index >= 15 is 0 Å². The Kier molecular flexibility index (Phi) is 4.76. The molecule has 1 aromatic rings. The molecule has 0 heterocycles. The summed E-state index contributed by atoms with van der Waals surface area (Å²) in [4.78, 5) is 9.62. The Labute approximate surface area is 105 Å². The lowest BCUT2D eigenvalue weighted by molar-refractivity contribution is -0.387. The maximum atomic E-state index is 12.0. The van der Waals surface area contributed by atoms with Crippen molar-refractivity contribution in [2.75, 3.05) is 19.3 Å². The minimum atomic E-state index is -3.89. The fourth-order valence-electron chi connectivity index (χ4n) is 1.51. The lowest BCUT2D eigenvalue weighted by Gasteiger charge is -2.10. The highest BCUT2D eigenvalue weighted by molar-refractivity contribution is 7.91. The topological polar surface area (TPSA) is 110 Å². The molecule has 0 aliphatic rings. The van der Waals surface area contributed by atoms with Gasteiger partial charge in [0.1, 0.15) is 4.90 Å². The van der Waals surface area contributed by atoms with Gasteiger partial charge in [-0.1, -0.05) is 12.1 Å². The van der Waals surface area contributed by atoms with Gasteiger partial charge in [-0.15, -0.1) is 0 Å². The molecule has 1 rings (SSSR count). The average Bonchev–Trinajstić information content (AvgIpc) is 2.28. The van der Waals surface area contributed by atoms with E-state index in [1.807, 2.05) is 0 Å². The maximum Gasteiger partial charge on any atom is 0.287 e. The molecular formula is C10H14N2O5S. The lowest BCUT2D eigenvalue weighted by Crippen LogP contribution is -2.30. The van der Waals surface area contributed by atoms with Gasteiger partial charge in [-0.3, -0.25) is 10.1 Å². The number of hydrogen-bond donors (Lipinski definition) is 2. The van der Waals surface area contributed by atoms with Gasteiger partial charge in [-0.2, -0.15) is 0 Å². The van der Waals surface area contributed by atoms with Crippen molar-refractivity contribution in [3.05, 3.63) is 34.4 Å². The normalized spacial score (nSPS) is 13.2. The maximum absolute atomic E-state index is 12.0. The zero-order valence-electron chi connectivity index (χ0n) is 9.74. The van der Waals surface area contributed by atoms with Crippen molar-refractivity contribution < 1.29 is 18.4 Å². The number of aliphatic hydroxyl groups is 1. The molecule has 1 unspecified atom stereocenters. The molecule has 0 radical (unpaired) electrons. The predicted octanol–water partition coefficient (Wildman–Crippen LogP) is -0.0512. The first-order valence-corrected chi connectivity index (χ1v) is 6.82. The van der Waals surface area contributed by atoms with Crippen LogP contribution >= 0.6 is 0 Å². The first-order valence-electron chi connectivity index (χ1n) is 5.17. The summed E-state index contributed by atoms with van der Waals surface area (Å²) in [5, 5.41) is 22.8. The van der Waals surface area contributed by atoms with Crippen molar-refractivity contribution in [3.63, 3.8) is 0 Å². The van der Waals surface area contributed by atoms with Crippen LogP contribution in [0.5, 0.6) is 0 Å². The Bertz CT molecular complexity index is 529. The van der Waals surface area contributed by atoms with Gasteiger partial charge < -0.3 is 10.4 Å². The van der Waals surface area contributed by atoms with Crippen LogP contribution in [0.15, 0.2) is 29.2 Å². The minimum absolute atomic E-state index is 0.0971. The summed E-state index contributed by atoms with van der Waals surface area (Å²) in [5.74, 6) is -0.557. The van der Waals surface area contributed by atoms with Crippen molar-refractivity contribution >= 4 is 15.5 Å². The summed E-state index contributed by atoms with van der Waals surface area (Å²) < 4.78 is 23.9. The molecule has 0 amide bonds. The number of sulfone groups is 1. The van der Waals surface area contributed by atoms with E-state index in [9.17, 15) is 23.6 Å². The molecule has 0 fully saturated rings. The number of para-hydroxylation sites is 1. The van der Waals surface area contributed by atoms with Crippen molar-refractivity contribution in [3.8, 4) is 0 Å². The fraction of sp³-hybridized carbons (Fsp3) is 0.400. The number of likely N-dealkylation sites (N-methyl/N-ethyl adjacent to an activating group) is 1. The SMILES string of the molecule is CNCC(O)CS(=O)(=O)c1ccccc1[N+](=O)[O-]. The van der Waals surface area contributed by atoms with Crippen LogP contribution in [0.4, 0.5) is 5.69 Å². The van der Waals surface area contributed by atoms with Crippen LogP contribution in [0.1, 0.15) is 0 Å². The second kappa shape index (κ2) is 5.89. The number of benzene rings is 1. The Morgan fingerprint density at radius 2 is 2.06 bits per heavy atom. The van der Waals surface area contributed by atoms with Gasteiger partial charge >= 0.3 is 0 Å². The van der Waals surface area contributed by atoms with Gasteiger partial charge in [0.15, 0.2) is 9.84 Å². The molecule has 0 aromatic heterocycles. The van der Waals surface area contributed by atoms with E-state index in [2.05, 4.69) is 5.32 Å². The van der Waals surface area contributed by atoms with E-state index in [-0.39, 0.29) is 11.4 Å². The van der Waals surface area contributed by atoms with Gasteiger partial charge in [-0.25, -0.2) is 8.42 Å². The molecule has 0 aliphatic heterocycles. The standard InChI is InChI=1S/C10H14N2O5S/c1-11-6-8(13)7-18(16,17)10-5-3-2-4-9(10)12(14)15/h2-5,8,11,13H,6-7H2,1H3. The molecule has 0 saturated carbocycles. The zero-order chi connectivity index (χ0) is 13.8. The number of aliphatic hydroxyl groups excluding tert-OH is 1. The van der Waals surface area contributed by atoms with Crippen molar-refractivity contribution in [1.82, 2.24) is 5.32 Å². The van der Waals surface area contributed by atoms with Crippen LogP contribution in [-0.2, 0) is 9.84 Å². The van der Waals surface area contributed by atoms with Crippen molar-refractivity contribution in [1.29, 1.82) is 0 Å². The third-order valence-electron chi connectivity index (χ3n) is 2.25. The highest BCUT2D eigenvalue weighted by Crippen LogP contribution is 2.24. The van der Waals surface area contributed by atoms with Gasteiger partial charge in [0.25, 0.3) is 5.69 Å².